The predicted octanol–water partition coefficient (Wildman–Crippen LogP) is 4.16. The van der Waals surface area contributed by atoms with Crippen LogP contribution in [0, 0.1) is 0 Å². The first-order chi connectivity index (χ1) is 13.2. The van der Waals surface area contributed by atoms with Gasteiger partial charge in [-0.15, -0.1) is 0 Å². The number of hydrogen-bond acceptors (Lipinski definition) is 4. The molecule has 3 aromatic rings. The lowest BCUT2D eigenvalue weighted by Gasteiger charge is -2.10. The summed E-state index contributed by atoms with van der Waals surface area (Å²) < 4.78 is 6.32. The van der Waals surface area contributed by atoms with Gasteiger partial charge in [-0.1, -0.05) is 15.9 Å². The SMILES string of the molecule is COc1ccc(Br)cc1CCC(=O)NCc1ccnc(-c2ccncc2)c1. The van der Waals surface area contributed by atoms with Crippen LogP contribution in [0.5, 0.6) is 5.75 Å². The zero-order chi connectivity index (χ0) is 19.1. The molecular formula is C21H20BrN3O2. The van der Waals surface area contributed by atoms with Gasteiger partial charge in [0.15, 0.2) is 0 Å². The van der Waals surface area contributed by atoms with Crippen LogP contribution >= 0.6 is 15.9 Å². The number of rotatable bonds is 7. The Bertz CT molecular complexity index is 916. The van der Waals surface area contributed by atoms with Crippen molar-refractivity contribution in [3.63, 3.8) is 0 Å². The van der Waals surface area contributed by atoms with Gasteiger partial charge in [0, 0.05) is 41.6 Å². The Morgan fingerprint density at radius 1 is 1.11 bits per heavy atom. The van der Waals surface area contributed by atoms with Crippen molar-refractivity contribution in [1.29, 1.82) is 0 Å². The molecule has 0 aliphatic heterocycles. The third-order valence-corrected chi connectivity index (χ3v) is 4.65. The normalized spacial score (nSPS) is 10.4. The molecule has 0 saturated carbocycles. The molecule has 27 heavy (non-hydrogen) atoms. The molecule has 0 aliphatic carbocycles. The van der Waals surface area contributed by atoms with Crippen molar-refractivity contribution in [1.82, 2.24) is 15.3 Å². The molecule has 0 radical (unpaired) electrons. The highest BCUT2D eigenvalue weighted by Crippen LogP contribution is 2.24. The van der Waals surface area contributed by atoms with E-state index in [4.69, 9.17) is 4.74 Å². The summed E-state index contributed by atoms with van der Waals surface area (Å²) in [6.45, 7) is 0.467. The van der Waals surface area contributed by atoms with Crippen LogP contribution in [0.1, 0.15) is 17.5 Å². The fourth-order valence-corrected chi connectivity index (χ4v) is 3.15. The highest BCUT2D eigenvalue weighted by atomic mass is 79.9. The first-order valence-electron chi connectivity index (χ1n) is 8.60. The van der Waals surface area contributed by atoms with Crippen molar-refractivity contribution >= 4 is 21.8 Å². The average molecular weight is 426 g/mol. The molecule has 0 aliphatic rings. The summed E-state index contributed by atoms with van der Waals surface area (Å²) in [6.07, 6.45) is 6.25. The van der Waals surface area contributed by atoms with E-state index in [1.165, 1.54) is 0 Å². The van der Waals surface area contributed by atoms with Gasteiger partial charge in [0.2, 0.25) is 5.91 Å². The summed E-state index contributed by atoms with van der Waals surface area (Å²) >= 11 is 3.45. The smallest absolute Gasteiger partial charge is 0.220 e. The van der Waals surface area contributed by atoms with Crippen LogP contribution in [0.25, 0.3) is 11.3 Å². The first-order valence-corrected chi connectivity index (χ1v) is 9.39. The highest BCUT2D eigenvalue weighted by molar-refractivity contribution is 9.10. The van der Waals surface area contributed by atoms with Gasteiger partial charge in [0.25, 0.3) is 0 Å². The summed E-state index contributed by atoms with van der Waals surface area (Å²) in [7, 11) is 1.64. The van der Waals surface area contributed by atoms with Crippen molar-refractivity contribution in [3.8, 4) is 17.0 Å². The summed E-state index contributed by atoms with van der Waals surface area (Å²) in [6, 6.07) is 13.5. The third-order valence-electron chi connectivity index (χ3n) is 4.15. The Kier molecular flexibility index (Phi) is 6.54. The van der Waals surface area contributed by atoms with Gasteiger partial charge in [0.05, 0.1) is 12.8 Å². The topological polar surface area (TPSA) is 64.1 Å². The van der Waals surface area contributed by atoms with Crippen LogP contribution in [0.4, 0.5) is 0 Å². The van der Waals surface area contributed by atoms with Crippen molar-refractivity contribution in [3.05, 3.63) is 76.7 Å². The summed E-state index contributed by atoms with van der Waals surface area (Å²) in [5.74, 6) is 0.793. The lowest BCUT2D eigenvalue weighted by atomic mass is 10.1. The molecule has 0 bridgehead atoms. The number of carbonyl (C=O) groups is 1. The molecule has 0 saturated heterocycles. The molecule has 0 fully saturated rings. The van der Waals surface area contributed by atoms with E-state index in [1.807, 2.05) is 42.5 Å². The summed E-state index contributed by atoms with van der Waals surface area (Å²) in [4.78, 5) is 20.6. The minimum absolute atomic E-state index is 0.000646. The van der Waals surface area contributed by atoms with Gasteiger partial charge < -0.3 is 10.1 Å². The van der Waals surface area contributed by atoms with Crippen LogP contribution in [0.15, 0.2) is 65.5 Å². The minimum atomic E-state index is -0.000646. The van der Waals surface area contributed by atoms with Gasteiger partial charge in [0.1, 0.15) is 5.75 Å². The second kappa shape index (κ2) is 9.28. The molecule has 138 valence electrons. The van der Waals surface area contributed by atoms with E-state index in [0.717, 1.165) is 32.6 Å². The van der Waals surface area contributed by atoms with Gasteiger partial charge in [-0.25, -0.2) is 0 Å². The summed E-state index contributed by atoms with van der Waals surface area (Å²) in [5, 5.41) is 2.97. The number of methoxy groups -OCH3 is 1. The van der Waals surface area contributed by atoms with Crippen LogP contribution in [-0.4, -0.2) is 23.0 Å². The number of ether oxygens (including phenoxy) is 1. The lowest BCUT2D eigenvalue weighted by Crippen LogP contribution is -2.23. The van der Waals surface area contributed by atoms with Gasteiger partial charge in [-0.3, -0.25) is 14.8 Å². The number of nitrogens with one attached hydrogen (secondary N) is 1. The van der Waals surface area contributed by atoms with Crippen LogP contribution in [0.2, 0.25) is 0 Å². The maximum Gasteiger partial charge on any atom is 0.220 e. The van der Waals surface area contributed by atoms with Crippen molar-refractivity contribution < 1.29 is 9.53 Å². The molecule has 1 aromatic carbocycles. The maximum absolute atomic E-state index is 12.2. The largest absolute Gasteiger partial charge is 0.496 e. The molecule has 2 aromatic heterocycles. The minimum Gasteiger partial charge on any atom is -0.496 e. The van der Waals surface area contributed by atoms with Crippen molar-refractivity contribution in [2.24, 2.45) is 0 Å². The molecule has 5 nitrogen and oxygen atoms in total. The molecule has 0 spiro atoms. The molecule has 1 amide bonds. The van der Waals surface area contributed by atoms with E-state index >= 15 is 0 Å². The molecule has 1 N–H and O–H groups in total. The monoisotopic (exact) mass is 425 g/mol. The standard InChI is InChI=1S/C21H20BrN3O2/c1-27-20-4-3-18(22)13-17(20)2-5-21(26)25-14-15-6-11-24-19(12-15)16-7-9-23-10-8-16/h3-4,6-13H,2,5,14H2,1H3,(H,25,26). The molecule has 0 atom stereocenters. The Hall–Kier alpha value is -2.73. The van der Waals surface area contributed by atoms with E-state index in [2.05, 4.69) is 31.2 Å². The van der Waals surface area contributed by atoms with Crippen molar-refractivity contribution in [2.75, 3.05) is 7.11 Å². The molecule has 0 unspecified atom stereocenters. The number of pyridine rings is 2. The Morgan fingerprint density at radius 2 is 1.93 bits per heavy atom. The van der Waals surface area contributed by atoms with E-state index in [1.54, 1.807) is 25.7 Å². The highest BCUT2D eigenvalue weighted by Gasteiger charge is 2.08. The maximum atomic E-state index is 12.2. The number of amides is 1. The Labute approximate surface area is 167 Å². The number of nitrogens with zero attached hydrogens (tertiary/aromatic N) is 2. The molecule has 6 heteroatoms. The van der Waals surface area contributed by atoms with Gasteiger partial charge in [-0.05, 0) is 60.0 Å². The zero-order valence-electron chi connectivity index (χ0n) is 15.0. The van der Waals surface area contributed by atoms with Crippen LogP contribution in [0.3, 0.4) is 0 Å². The quantitative estimate of drug-likeness (QED) is 0.616. The Morgan fingerprint density at radius 3 is 2.70 bits per heavy atom. The van der Waals surface area contributed by atoms with Crippen LogP contribution < -0.4 is 10.1 Å². The average Bonchev–Trinajstić information content (AvgIpc) is 2.71. The summed E-state index contributed by atoms with van der Waals surface area (Å²) in [5.41, 5.74) is 3.87. The van der Waals surface area contributed by atoms with E-state index in [9.17, 15) is 4.79 Å². The molecule has 3 rings (SSSR count). The number of benzene rings is 1. The number of aryl methyl sites for hydroxylation is 1. The number of hydrogen-bond donors (Lipinski definition) is 1. The van der Waals surface area contributed by atoms with E-state index in [-0.39, 0.29) is 5.91 Å². The zero-order valence-corrected chi connectivity index (χ0v) is 16.6. The van der Waals surface area contributed by atoms with E-state index in [0.29, 0.717) is 19.4 Å². The first kappa shape index (κ1) is 19.0. The lowest BCUT2D eigenvalue weighted by molar-refractivity contribution is -0.121. The number of aromatic nitrogens is 2. The predicted molar refractivity (Wildman–Crippen MR) is 108 cm³/mol. The second-order valence-corrected chi connectivity index (χ2v) is 6.93. The van der Waals surface area contributed by atoms with E-state index < -0.39 is 0 Å². The molecule has 2 heterocycles. The van der Waals surface area contributed by atoms with Crippen molar-refractivity contribution in [2.45, 2.75) is 19.4 Å². The number of carbonyl (C=O) groups excluding carboxylic acids is 1. The fraction of sp³-hybridized carbons (Fsp3) is 0.190. The second-order valence-electron chi connectivity index (χ2n) is 6.02. The van der Waals surface area contributed by atoms with Gasteiger partial charge >= 0.3 is 0 Å². The van der Waals surface area contributed by atoms with Gasteiger partial charge in [-0.2, -0.15) is 0 Å². The Balaban J connectivity index is 1.56. The number of halogens is 1. The fourth-order valence-electron chi connectivity index (χ4n) is 2.74. The van der Waals surface area contributed by atoms with Crippen LogP contribution in [-0.2, 0) is 17.8 Å². The molecular weight excluding hydrogens is 406 g/mol. The third kappa shape index (κ3) is 5.37.